The zero-order valence-corrected chi connectivity index (χ0v) is 13.9. The van der Waals surface area contributed by atoms with Crippen molar-refractivity contribution in [3.63, 3.8) is 0 Å². The van der Waals surface area contributed by atoms with Crippen LogP contribution in [0.2, 0.25) is 0 Å². The van der Waals surface area contributed by atoms with Gasteiger partial charge in [-0.1, -0.05) is 30.3 Å². The summed E-state index contributed by atoms with van der Waals surface area (Å²) in [5, 5.41) is 0.592. The average molecular weight is 366 g/mol. The van der Waals surface area contributed by atoms with Crippen molar-refractivity contribution in [2.24, 2.45) is 0 Å². The molecule has 27 heavy (non-hydrogen) atoms. The normalized spacial score (nSPS) is 15.2. The predicted octanol–water partition coefficient (Wildman–Crippen LogP) is 1.39. The lowest BCUT2D eigenvalue weighted by atomic mass is 10.2. The predicted molar refractivity (Wildman–Crippen MR) is 94.4 cm³/mol. The van der Waals surface area contributed by atoms with Gasteiger partial charge in [0.1, 0.15) is 17.8 Å². The molecule has 8 heteroatoms. The maximum absolute atomic E-state index is 12.2. The fourth-order valence-corrected chi connectivity index (χ4v) is 2.64. The zero-order valence-electron chi connectivity index (χ0n) is 13.9. The van der Waals surface area contributed by atoms with E-state index in [0.29, 0.717) is 22.5 Å². The molecule has 0 spiro atoms. The minimum Gasteiger partial charge on any atom is -0.485 e. The minimum atomic E-state index is -0.937. The Kier molecular flexibility index (Phi) is 4.21. The van der Waals surface area contributed by atoms with Crippen LogP contribution in [0.15, 0.2) is 63.8 Å². The first-order valence-electron chi connectivity index (χ1n) is 8.13. The monoisotopic (exact) mass is 366 g/mol. The molecule has 1 aliphatic heterocycles. The van der Waals surface area contributed by atoms with Gasteiger partial charge in [0, 0.05) is 5.39 Å². The summed E-state index contributed by atoms with van der Waals surface area (Å²) in [4.78, 5) is 36.4. The van der Waals surface area contributed by atoms with Crippen LogP contribution in [0, 0.1) is 0 Å². The first-order chi connectivity index (χ1) is 13.1. The van der Waals surface area contributed by atoms with E-state index >= 15 is 0 Å². The number of nitrogens with one attached hydrogen (secondary N) is 2. The van der Waals surface area contributed by atoms with E-state index in [1.54, 1.807) is 48.5 Å². The number of amides is 2. The minimum absolute atomic E-state index is 0.00314. The maximum atomic E-state index is 12.2. The molecule has 4 rings (SSSR count). The van der Waals surface area contributed by atoms with E-state index in [0.717, 1.165) is 0 Å². The van der Waals surface area contributed by atoms with E-state index in [4.69, 9.17) is 13.9 Å². The first-order valence-corrected chi connectivity index (χ1v) is 8.13. The summed E-state index contributed by atoms with van der Waals surface area (Å²) in [6.45, 7) is -0.00314. The smallest absolute Gasteiger partial charge is 0.349 e. The third-order valence-electron chi connectivity index (χ3n) is 3.99. The van der Waals surface area contributed by atoms with E-state index in [2.05, 4.69) is 10.9 Å². The van der Waals surface area contributed by atoms with Crippen LogP contribution >= 0.6 is 0 Å². The van der Waals surface area contributed by atoms with Crippen molar-refractivity contribution in [3.05, 3.63) is 70.6 Å². The molecule has 0 fully saturated rings. The van der Waals surface area contributed by atoms with Crippen LogP contribution in [-0.2, 0) is 4.79 Å². The highest BCUT2D eigenvalue weighted by atomic mass is 16.6. The van der Waals surface area contributed by atoms with Crippen molar-refractivity contribution < 1.29 is 23.5 Å². The van der Waals surface area contributed by atoms with Crippen LogP contribution in [0.5, 0.6) is 11.5 Å². The number of ether oxygens (including phenoxy) is 2. The van der Waals surface area contributed by atoms with Crippen molar-refractivity contribution in [3.8, 4) is 11.5 Å². The lowest BCUT2D eigenvalue weighted by molar-refractivity contribution is -0.131. The van der Waals surface area contributed by atoms with E-state index < -0.39 is 23.5 Å². The molecule has 136 valence electrons. The molecule has 2 heterocycles. The third-order valence-corrected chi connectivity index (χ3v) is 3.99. The number of carbonyl (C=O) groups is 2. The van der Waals surface area contributed by atoms with Crippen molar-refractivity contribution in [2.45, 2.75) is 6.10 Å². The second-order valence-corrected chi connectivity index (χ2v) is 5.79. The van der Waals surface area contributed by atoms with Gasteiger partial charge in [0.2, 0.25) is 6.10 Å². The van der Waals surface area contributed by atoms with Gasteiger partial charge >= 0.3 is 5.63 Å². The van der Waals surface area contributed by atoms with Crippen molar-refractivity contribution >= 4 is 22.8 Å². The fraction of sp³-hybridized carbons (Fsp3) is 0.105. The first kappa shape index (κ1) is 16.6. The summed E-state index contributed by atoms with van der Waals surface area (Å²) in [5.74, 6) is -0.423. The van der Waals surface area contributed by atoms with E-state index in [1.807, 2.05) is 0 Å². The second kappa shape index (κ2) is 6.83. The van der Waals surface area contributed by atoms with Crippen LogP contribution in [0.1, 0.15) is 10.4 Å². The molecule has 8 nitrogen and oxygen atoms in total. The number of carbonyl (C=O) groups excluding carboxylic acids is 2. The highest BCUT2D eigenvalue weighted by Crippen LogP contribution is 2.30. The van der Waals surface area contributed by atoms with Crippen LogP contribution in [0.25, 0.3) is 11.0 Å². The van der Waals surface area contributed by atoms with Gasteiger partial charge in [0.05, 0.1) is 0 Å². The van der Waals surface area contributed by atoms with Crippen molar-refractivity contribution in [2.75, 3.05) is 6.61 Å². The topological polar surface area (TPSA) is 107 Å². The van der Waals surface area contributed by atoms with Gasteiger partial charge in [-0.3, -0.25) is 20.4 Å². The van der Waals surface area contributed by atoms with Crippen LogP contribution in [-0.4, -0.2) is 24.5 Å². The molecule has 0 unspecified atom stereocenters. The van der Waals surface area contributed by atoms with Gasteiger partial charge in [-0.05, 0) is 24.3 Å². The van der Waals surface area contributed by atoms with Crippen LogP contribution in [0.3, 0.4) is 0 Å². The highest BCUT2D eigenvalue weighted by Gasteiger charge is 2.27. The number of hydrogen-bond donors (Lipinski definition) is 2. The zero-order chi connectivity index (χ0) is 18.8. The standard InChI is InChI=1S/C19H14N2O6/c22-17(12-9-11-5-1-2-6-13(11)27-19(12)24)20-21-18(23)16-10-25-14-7-3-4-8-15(14)26-16/h1-9,16H,10H2,(H,20,22)(H,21,23)/t16-/m0/s1. The SMILES string of the molecule is O=C(NNC(=O)[C@@H]1COc2ccccc2O1)c1cc2ccccc2oc1=O. The highest BCUT2D eigenvalue weighted by molar-refractivity contribution is 5.97. The Labute approximate surface area is 152 Å². The molecule has 2 amide bonds. The number of hydrazine groups is 1. The maximum Gasteiger partial charge on any atom is 0.349 e. The summed E-state index contributed by atoms with van der Waals surface area (Å²) >= 11 is 0. The Morgan fingerprint density at radius 3 is 2.56 bits per heavy atom. The van der Waals surface area contributed by atoms with Gasteiger partial charge in [-0.2, -0.15) is 0 Å². The quantitative estimate of drug-likeness (QED) is 0.524. The fourth-order valence-electron chi connectivity index (χ4n) is 2.64. The molecule has 2 aromatic carbocycles. The Morgan fingerprint density at radius 2 is 1.70 bits per heavy atom. The third kappa shape index (κ3) is 3.32. The summed E-state index contributed by atoms with van der Waals surface area (Å²) in [6.07, 6.45) is -0.937. The van der Waals surface area contributed by atoms with Crippen molar-refractivity contribution in [1.29, 1.82) is 0 Å². The van der Waals surface area contributed by atoms with E-state index in [9.17, 15) is 14.4 Å². The molecular weight excluding hydrogens is 352 g/mol. The lowest BCUT2D eigenvalue weighted by Crippen LogP contribution is -2.51. The molecule has 0 saturated carbocycles. The molecule has 3 aromatic rings. The Hall–Kier alpha value is -3.81. The molecular formula is C19H14N2O6. The molecule has 1 aromatic heterocycles. The van der Waals surface area contributed by atoms with Gasteiger partial charge in [-0.15, -0.1) is 0 Å². The molecule has 0 radical (unpaired) electrons. The Bertz CT molecular complexity index is 1090. The van der Waals surface area contributed by atoms with Crippen molar-refractivity contribution in [1.82, 2.24) is 10.9 Å². The van der Waals surface area contributed by atoms with E-state index in [-0.39, 0.29) is 12.2 Å². The largest absolute Gasteiger partial charge is 0.485 e. The van der Waals surface area contributed by atoms with Gasteiger partial charge < -0.3 is 13.9 Å². The van der Waals surface area contributed by atoms with Gasteiger partial charge in [0.25, 0.3) is 11.8 Å². The van der Waals surface area contributed by atoms with Crippen LogP contribution in [0.4, 0.5) is 0 Å². The summed E-state index contributed by atoms with van der Waals surface area (Å²) in [7, 11) is 0. The van der Waals surface area contributed by atoms with E-state index in [1.165, 1.54) is 6.07 Å². The number of rotatable bonds is 2. The van der Waals surface area contributed by atoms with Gasteiger partial charge in [-0.25, -0.2) is 4.79 Å². The molecule has 0 aliphatic carbocycles. The second-order valence-electron chi connectivity index (χ2n) is 5.79. The number of hydrogen-bond acceptors (Lipinski definition) is 6. The molecule has 1 aliphatic rings. The van der Waals surface area contributed by atoms with Gasteiger partial charge in [0.15, 0.2) is 11.5 Å². The summed E-state index contributed by atoms with van der Waals surface area (Å²) in [5.41, 5.74) is 3.77. The number of fused-ring (bicyclic) bond motifs is 2. The molecule has 0 bridgehead atoms. The average Bonchev–Trinajstić information content (AvgIpc) is 2.70. The van der Waals surface area contributed by atoms with Crippen LogP contribution < -0.4 is 26.0 Å². The molecule has 1 atom stereocenters. The number of benzene rings is 2. The Morgan fingerprint density at radius 1 is 0.963 bits per heavy atom. The molecule has 2 N–H and O–H groups in total. The summed E-state index contributed by atoms with van der Waals surface area (Å²) in [6, 6.07) is 15.1. The number of para-hydroxylation sites is 3. The Balaban J connectivity index is 1.43. The lowest BCUT2D eigenvalue weighted by Gasteiger charge is -2.25. The summed E-state index contributed by atoms with van der Waals surface area (Å²) < 4.78 is 16.1. The molecule has 0 saturated heterocycles.